The Morgan fingerprint density at radius 1 is 1.39 bits per heavy atom. The van der Waals surface area contributed by atoms with Crippen LogP contribution >= 0.6 is 0 Å². The van der Waals surface area contributed by atoms with Gasteiger partial charge in [0.05, 0.1) is 12.2 Å². The van der Waals surface area contributed by atoms with E-state index < -0.39 is 0 Å². The van der Waals surface area contributed by atoms with Gasteiger partial charge in [-0.15, -0.1) is 0 Å². The fourth-order valence-electron chi connectivity index (χ4n) is 1.99. The minimum Gasteiger partial charge on any atom is -0.340 e. The molecular weight excluding hydrogens is 232 g/mol. The Kier molecular flexibility index (Phi) is 4.09. The molecule has 1 aromatic heterocycles. The number of hydrogen-bond donors (Lipinski definition) is 1. The summed E-state index contributed by atoms with van der Waals surface area (Å²) in [6, 6.07) is 3.16. The molecule has 1 aromatic rings. The lowest BCUT2D eigenvalue weighted by molar-refractivity contribution is -0.132. The van der Waals surface area contributed by atoms with Gasteiger partial charge in [0.1, 0.15) is 0 Å². The van der Waals surface area contributed by atoms with Gasteiger partial charge in [-0.25, -0.2) is 4.68 Å². The second-order valence-electron chi connectivity index (χ2n) is 4.42. The molecule has 0 saturated carbocycles. The van der Waals surface area contributed by atoms with E-state index in [1.165, 1.54) is 10.7 Å². The maximum absolute atomic E-state index is 11.9. The fourth-order valence-corrected chi connectivity index (χ4v) is 1.99. The number of aromatic nitrogens is 2. The van der Waals surface area contributed by atoms with Gasteiger partial charge in [-0.1, -0.05) is 0 Å². The summed E-state index contributed by atoms with van der Waals surface area (Å²) < 4.78 is 1.36. The number of rotatable bonds is 3. The lowest BCUT2D eigenvalue weighted by atomic mass is 10.3. The molecule has 0 aromatic carbocycles. The molecule has 98 valence electrons. The van der Waals surface area contributed by atoms with E-state index >= 15 is 0 Å². The molecule has 1 aliphatic heterocycles. The van der Waals surface area contributed by atoms with Crippen molar-refractivity contribution in [1.29, 1.82) is 0 Å². The standard InChI is InChI=1S/C12H18N4O2/c1-10-2-3-12(18)16(14-10)7-4-11(17)15-8-5-13-6-9-15/h2-3,13H,4-9H2,1H3. The molecule has 2 heterocycles. The molecular formula is C12H18N4O2. The SMILES string of the molecule is Cc1ccc(=O)n(CCC(=O)N2CCNCC2)n1. The van der Waals surface area contributed by atoms with E-state index in [-0.39, 0.29) is 11.5 Å². The van der Waals surface area contributed by atoms with E-state index in [9.17, 15) is 9.59 Å². The smallest absolute Gasteiger partial charge is 0.266 e. The second-order valence-corrected chi connectivity index (χ2v) is 4.42. The van der Waals surface area contributed by atoms with Crippen LogP contribution in [0.4, 0.5) is 0 Å². The van der Waals surface area contributed by atoms with Gasteiger partial charge >= 0.3 is 0 Å². The molecule has 0 bridgehead atoms. The molecule has 18 heavy (non-hydrogen) atoms. The molecule has 1 fully saturated rings. The van der Waals surface area contributed by atoms with Gasteiger partial charge in [0, 0.05) is 38.7 Å². The minimum absolute atomic E-state index is 0.0895. The van der Waals surface area contributed by atoms with Crippen molar-refractivity contribution >= 4 is 5.91 Å². The molecule has 0 spiro atoms. The Balaban J connectivity index is 1.92. The number of piperazine rings is 1. The number of nitrogens with zero attached hydrogens (tertiary/aromatic N) is 3. The number of nitrogens with one attached hydrogen (secondary N) is 1. The first-order chi connectivity index (χ1) is 8.66. The van der Waals surface area contributed by atoms with E-state index in [2.05, 4.69) is 10.4 Å². The van der Waals surface area contributed by atoms with Crippen molar-refractivity contribution in [2.45, 2.75) is 19.9 Å². The highest BCUT2D eigenvalue weighted by atomic mass is 16.2. The van der Waals surface area contributed by atoms with Crippen LogP contribution in [-0.2, 0) is 11.3 Å². The Morgan fingerprint density at radius 2 is 2.11 bits per heavy atom. The highest BCUT2D eigenvalue weighted by Gasteiger charge is 2.15. The Bertz CT molecular complexity index is 477. The molecule has 1 aliphatic rings. The summed E-state index contributed by atoms with van der Waals surface area (Å²) in [4.78, 5) is 25.3. The number of aryl methyl sites for hydroxylation is 2. The first-order valence-electron chi connectivity index (χ1n) is 6.20. The van der Waals surface area contributed by atoms with Crippen LogP contribution in [0.25, 0.3) is 0 Å². The van der Waals surface area contributed by atoms with E-state index in [0.29, 0.717) is 13.0 Å². The summed E-state index contributed by atoms with van der Waals surface area (Å²) in [5.74, 6) is 0.0895. The van der Waals surface area contributed by atoms with E-state index in [1.54, 1.807) is 6.07 Å². The number of carbonyl (C=O) groups is 1. The summed E-state index contributed by atoms with van der Waals surface area (Å²) in [5, 5.41) is 7.31. The van der Waals surface area contributed by atoms with Crippen molar-refractivity contribution in [1.82, 2.24) is 20.0 Å². The predicted molar refractivity (Wildman–Crippen MR) is 67.3 cm³/mol. The molecule has 2 rings (SSSR count). The molecule has 1 amide bonds. The van der Waals surface area contributed by atoms with Gasteiger partial charge in [-0.2, -0.15) is 5.10 Å². The van der Waals surface area contributed by atoms with E-state index in [1.807, 2.05) is 11.8 Å². The fraction of sp³-hybridized carbons (Fsp3) is 0.583. The third-order valence-electron chi connectivity index (χ3n) is 3.01. The lowest BCUT2D eigenvalue weighted by Gasteiger charge is -2.27. The molecule has 1 N–H and O–H groups in total. The highest BCUT2D eigenvalue weighted by Crippen LogP contribution is 1.98. The zero-order valence-corrected chi connectivity index (χ0v) is 10.6. The molecule has 0 atom stereocenters. The van der Waals surface area contributed by atoms with Crippen LogP contribution in [0.1, 0.15) is 12.1 Å². The van der Waals surface area contributed by atoms with Gasteiger partial charge in [-0.3, -0.25) is 9.59 Å². The van der Waals surface area contributed by atoms with Crippen LogP contribution in [0.2, 0.25) is 0 Å². The lowest BCUT2D eigenvalue weighted by Crippen LogP contribution is -2.46. The predicted octanol–water partition coefficient (Wildman–Crippen LogP) is -0.626. The van der Waals surface area contributed by atoms with E-state index in [0.717, 1.165) is 31.9 Å². The van der Waals surface area contributed by atoms with Crippen LogP contribution in [0.3, 0.4) is 0 Å². The van der Waals surface area contributed by atoms with Gasteiger partial charge in [0.25, 0.3) is 5.56 Å². The third-order valence-corrected chi connectivity index (χ3v) is 3.01. The van der Waals surface area contributed by atoms with Crippen LogP contribution in [0, 0.1) is 6.92 Å². The van der Waals surface area contributed by atoms with Crippen LogP contribution in [0.15, 0.2) is 16.9 Å². The number of hydrogen-bond acceptors (Lipinski definition) is 4. The number of amides is 1. The first kappa shape index (κ1) is 12.8. The topological polar surface area (TPSA) is 67.2 Å². The Morgan fingerprint density at radius 3 is 2.83 bits per heavy atom. The Hall–Kier alpha value is -1.69. The van der Waals surface area contributed by atoms with Crippen molar-refractivity contribution < 1.29 is 4.79 Å². The average Bonchev–Trinajstić information content (AvgIpc) is 2.40. The van der Waals surface area contributed by atoms with E-state index in [4.69, 9.17) is 0 Å². The maximum Gasteiger partial charge on any atom is 0.266 e. The van der Waals surface area contributed by atoms with Crippen molar-refractivity contribution in [2.24, 2.45) is 0 Å². The molecule has 0 unspecified atom stereocenters. The summed E-state index contributed by atoms with van der Waals surface area (Å²) in [6.07, 6.45) is 0.330. The zero-order chi connectivity index (χ0) is 13.0. The molecule has 0 aliphatic carbocycles. The number of carbonyl (C=O) groups excluding carboxylic acids is 1. The molecule has 1 saturated heterocycles. The summed E-state index contributed by atoms with van der Waals surface area (Å²) in [7, 11) is 0. The van der Waals surface area contributed by atoms with Crippen molar-refractivity contribution in [3.63, 3.8) is 0 Å². The van der Waals surface area contributed by atoms with Gasteiger partial charge in [0.2, 0.25) is 5.91 Å². The first-order valence-corrected chi connectivity index (χ1v) is 6.20. The average molecular weight is 250 g/mol. The minimum atomic E-state index is -0.159. The normalized spacial score (nSPS) is 15.7. The zero-order valence-electron chi connectivity index (χ0n) is 10.6. The third kappa shape index (κ3) is 3.16. The van der Waals surface area contributed by atoms with Crippen LogP contribution in [-0.4, -0.2) is 46.8 Å². The largest absolute Gasteiger partial charge is 0.340 e. The summed E-state index contributed by atoms with van der Waals surface area (Å²) >= 11 is 0. The monoisotopic (exact) mass is 250 g/mol. The Labute approximate surface area is 106 Å². The molecule has 6 nitrogen and oxygen atoms in total. The van der Waals surface area contributed by atoms with Crippen molar-refractivity contribution in [3.05, 3.63) is 28.2 Å². The highest BCUT2D eigenvalue weighted by molar-refractivity contribution is 5.76. The van der Waals surface area contributed by atoms with Crippen molar-refractivity contribution in [3.8, 4) is 0 Å². The summed E-state index contributed by atoms with van der Waals surface area (Å²) in [6.45, 7) is 5.35. The molecule has 6 heteroatoms. The van der Waals surface area contributed by atoms with Gasteiger partial charge in [-0.05, 0) is 13.0 Å². The van der Waals surface area contributed by atoms with Crippen LogP contribution < -0.4 is 10.9 Å². The second kappa shape index (κ2) is 5.77. The molecule has 0 radical (unpaired) electrons. The quantitative estimate of drug-likeness (QED) is 0.776. The van der Waals surface area contributed by atoms with Crippen molar-refractivity contribution in [2.75, 3.05) is 26.2 Å². The van der Waals surface area contributed by atoms with Gasteiger partial charge < -0.3 is 10.2 Å². The summed E-state index contributed by atoms with van der Waals surface area (Å²) in [5.41, 5.74) is 0.623. The maximum atomic E-state index is 11.9. The van der Waals surface area contributed by atoms with Gasteiger partial charge in [0.15, 0.2) is 0 Å². The van der Waals surface area contributed by atoms with Crippen LogP contribution in [0.5, 0.6) is 0 Å².